The van der Waals surface area contributed by atoms with E-state index in [0.29, 0.717) is 6.04 Å². The first-order chi connectivity index (χ1) is 8.16. The molecule has 1 aliphatic rings. The van der Waals surface area contributed by atoms with Crippen LogP contribution in [-0.4, -0.2) is 39.9 Å². The molecule has 1 aliphatic heterocycles. The molecule has 0 radical (unpaired) electrons. The lowest BCUT2D eigenvalue weighted by molar-refractivity contribution is 0.132. The molecule has 6 heteroatoms. The van der Waals surface area contributed by atoms with Gasteiger partial charge >= 0.3 is 0 Å². The van der Waals surface area contributed by atoms with E-state index in [1.54, 1.807) is 0 Å². The van der Waals surface area contributed by atoms with Gasteiger partial charge in [0.1, 0.15) is 0 Å². The van der Waals surface area contributed by atoms with Crippen molar-refractivity contribution in [1.82, 2.24) is 14.7 Å². The van der Waals surface area contributed by atoms with Crippen molar-refractivity contribution < 1.29 is 0 Å². The summed E-state index contributed by atoms with van der Waals surface area (Å²) in [6, 6.07) is 0.851. The molecule has 2 unspecified atom stereocenters. The van der Waals surface area contributed by atoms with E-state index >= 15 is 0 Å². The van der Waals surface area contributed by atoms with E-state index in [-0.39, 0.29) is 30.9 Å². The largest absolute Gasteiger partial charge is 0.327 e. The fourth-order valence-corrected chi connectivity index (χ4v) is 2.76. The fourth-order valence-electron chi connectivity index (χ4n) is 2.76. The molecule has 4 nitrogen and oxygen atoms in total. The van der Waals surface area contributed by atoms with E-state index < -0.39 is 0 Å². The summed E-state index contributed by atoms with van der Waals surface area (Å²) in [6.45, 7) is 4.44. The minimum absolute atomic E-state index is 0. The van der Waals surface area contributed by atoms with Crippen LogP contribution in [0.1, 0.15) is 31.7 Å². The number of piperidine rings is 1. The average Bonchev–Trinajstić information content (AvgIpc) is 2.73. The first-order valence-corrected chi connectivity index (χ1v) is 6.64. The molecule has 2 N–H and O–H groups in total. The Hall–Kier alpha value is -0.290. The fraction of sp³-hybridized carbons (Fsp3) is 0.769. The normalized spacial score (nSPS) is 21.3. The van der Waals surface area contributed by atoms with Crippen LogP contribution in [-0.2, 0) is 13.5 Å². The van der Waals surface area contributed by atoms with Crippen molar-refractivity contribution in [3.8, 4) is 0 Å². The summed E-state index contributed by atoms with van der Waals surface area (Å²) in [5.41, 5.74) is 7.39. The monoisotopic (exact) mass is 308 g/mol. The topological polar surface area (TPSA) is 47.1 Å². The molecule has 0 bridgehead atoms. The highest BCUT2D eigenvalue weighted by atomic mass is 35.5. The van der Waals surface area contributed by atoms with Gasteiger partial charge in [0, 0.05) is 31.9 Å². The van der Waals surface area contributed by atoms with Crippen LogP contribution >= 0.6 is 24.8 Å². The van der Waals surface area contributed by atoms with Crippen LogP contribution in [0.25, 0.3) is 0 Å². The maximum Gasteiger partial charge on any atom is 0.0522 e. The number of aryl methyl sites for hydroxylation is 1. The molecule has 2 atom stereocenters. The number of rotatable bonds is 4. The van der Waals surface area contributed by atoms with Gasteiger partial charge in [0.15, 0.2) is 0 Å². The van der Waals surface area contributed by atoms with Gasteiger partial charge in [-0.25, -0.2) is 0 Å². The van der Waals surface area contributed by atoms with E-state index in [1.807, 2.05) is 17.9 Å². The molecule has 0 aliphatic carbocycles. The second kappa shape index (κ2) is 8.80. The van der Waals surface area contributed by atoms with Crippen molar-refractivity contribution in [3.63, 3.8) is 0 Å². The number of halogens is 2. The zero-order chi connectivity index (χ0) is 12.3. The summed E-state index contributed by atoms with van der Waals surface area (Å²) >= 11 is 0. The lowest BCUT2D eigenvalue weighted by Crippen LogP contribution is -2.49. The molecule has 0 saturated carbocycles. The Kier molecular flexibility index (Phi) is 8.66. The Morgan fingerprint density at radius 1 is 1.42 bits per heavy atom. The van der Waals surface area contributed by atoms with Gasteiger partial charge in [0.2, 0.25) is 0 Å². The average molecular weight is 309 g/mol. The molecule has 2 heterocycles. The van der Waals surface area contributed by atoms with Crippen LogP contribution < -0.4 is 5.73 Å². The Balaban J connectivity index is 0.00000162. The first kappa shape index (κ1) is 18.7. The predicted octanol–water partition coefficient (Wildman–Crippen LogP) is 2.01. The van der Waals surface area contributed by atoms with Crippen molar-refractivity contribution in [3.05, 3.63) is 18.0 Å². The lowest BCUT2D eigenvalue weighted by atomic mass is 9.96. The second-order valence-corrected chi connectivity index (χ2v) is 5.23. The third kappa shape index (κ3) is 5.30. The molecular weight excluding hydrogens is 283 g/mol. The molecule has 0 spiro atoms. The summed E-state index contributed by atoms with van der Waals surface area (Å²) in [7, 11) is 1.97. The number of hydrogen-bond acceptors (Lipinski definition) is 3. The van der Waals surface area contributed by atoms with E-state index in [9.17, 15) is 0 Å². The van der Waals surface area contributed by atoms with Crippen molar-refractivity contribution in [2.45, 2.75) is 44.7 Å². The van der Waals surface area contributed by atoms with Crippen molar-refractivity contribution in [1.29, 1.82) is 0 Å². The van der Waals surface area contributed by atoms with Crippen LogP contribution in [0.5, 0.6) is 0 Å². The maximum absolute atomic E-state index is 6.07. The van der Waals surface area contributed by atoms with E-state index in [2.05, 4.69) is 23.1 Å². The summed E-state index contributed by atoms with van der Waals surface area (Å²) in [6.07, 6.45) is 9.04. The highest BCUT2D eigenvalue weighted by Gasteiger charge is 2.24. The Labute approximate surface area is 128 Å². The van der Waals surface area contributed by atoms with Gasteiger partial charge in [-0.3, -0.25) is 9.58 Å². The van der Waals surface area contributed by atoms with Crippen molar-refractivity contribution in [2.24, 2.45) is 12.8 Å². The summed E-state index contributed by atoms with van der Waals surface area (Å²) in [5, 5.41) is 4.21. The minimum atomic E-state index is 0. The highest BCUT2D eigenvalue weighted by Crippen LogP contribution is 2.19. The van der Waals surface area contributed by atoms with Gasteiger partial charge in [0.25, 0.3) is 0 Å². The van der Waals surface area contributed by atoms with E-state index in [1.165, 1.54) is 31.4 Å². The molecule has 0 aromatic carbocycles. The molecular formula is C13H26Cl2N4. The third-order valence-corrected chi connectivity index (χ3v) is 3.72. The highest BCUT2D eigenvalue weighted by molar-refractivity contribution is 5.85. The molecule has 0 amide bonds. The van der Waals surface area contributed by atoms with E-state index in [0.717, 1.165) is 13.0 Å². The van der Waals surface area contributed by atoms with Crippen LogP contribution in [0, 0.1) is 0 Å². The van der Waals surface area contributed by atoms with E-state index in [4.69, 9.17) is 5.73 Å². The number of nitrogens with two attached hydrogens (primary N) is 1. The standard InChI is InChI=1S/C13H24N4.2ClH/c1-11(14)13-5-3-4-7-17(13)8-6-12-9-15-16(2)10-12;;/h9-11,13H,3-8,14H2,1-2H3;2*1H. The molecule has 112 valence electrons. The second-order valence-electron chi connectivity index (χ2n) is 5.23. The van der Waals surface area contributed by atoms with Gasteiger partial charge in [-0.05, 0) is 38.3 Å². The Bertz CT molecular complexity index is 354. The molecule has 2 rings (SSSR count). The summed E-state index contributed by atoms with van der Waals surface area (Å²) in [4.78, 5) is 2.56. The summed E-state index contributed by atoms with van der Waals surface area (Å²) < 4.78 is 1.87. The zero-order valence-corrected chi connectivity index (χ0v) is 13.4. The molecule has 19 heavy (non-hydrogen) atoms. The summed E-state index contributed by atoms with van der Waals surface area (Å²) in [5.74, 6) is 0. The molecule has 1 saturated heterocycles. The third-order valence-electron chi connectivity index (χ3n) is 3.72. The Morgan fingerprint density at radius 3 is 2.74 bits per heavy atom. The SMILES string of the molecule is CC(N)C1CCCCN1CCc1cnn(C)c1.Cl.Cl. The lowest BCUT2D eigenvalue weighted by Gasteiger charge is -2.38. The quantitative estimate of drug-likeness (QED) is 0.925. The van der Waals surface area contributed by atoms with Crippen LogP contribution in [0.2, 0.25) is 0 Å². The number of aromatic nitrogens is 2. The van der Waals surface area contributed by atoms with Crippen LogP contribution in [0.3, 0.4) is 0 Å². The molecule has 1 aromatic heterocycles. The van der Waals surface area contributed by atoms with Gasteiger partial charge in [-0.2, -0.15) is 5.10 Å². The first-order valence-electron chi connectivity index (χ1n) is 6.64. The van der Waals surface area contributed by atoms with Gasteiger partial charge in [0.05, 0.1) is 6.20 Å². The zero-order valence-electron chi connectivity index (χ0n) is 11.8. The Morgan fingerprint density at radius 2 is 2.16 bits per heavy atom. The molecule has 1 aromatic rings. The van der Waals surface area contributed by atoms with Gasteiger partial charge in [-0.1, -0.05) is 6.42 Å². The molecule has 1 fully saturated rings. The number of nitrogens with zero attached hydrogens (tertiary/aromatic N) is 3. The smallest absolute Gasteiger partial charge is 0.0522 e. The van der Waals surface area contributed by atoms with Crippen LogP contribution in [0.15, 0.2) is 12.4 Å². The van der Waals surface area contributed by atoms with Crippen molar-refractivity contribution >= 4 is 24.8 Å². The van der Waals surface area contributed by atoms with Crippen molar-refractivity contribution in [2.75, 3.05) is 13.1 Å². The number of hydrogen-bond donors (Lipinski definition) is 1. The number of likely N-dealkylation sites (tertiary alicyclic amines) is 1. The van der Waals surface area contributed by atoms with Gasteiger partial charge < -0.3 is 5.73 Å². The minimum Gasteiger partial charge on any atom is -0.327 e. The maximum atomic E-state index is 6.07. The van der Waals surface area contributed by atoms with Crippen LogP contribution in [0.4, 0.5) is 0 Å². The van der Waals surface area contributed by atoms with Gasteiger partial charge in [-0.15, -0.1) is 24.8 Å². The predicted molar refractivity (Wildman–Crippen MR) is 84.3 cm³/mol.